The van der Waals surface area contributed by atoms with Crippen LogP contribution in [0.25, 0.3) is 0 Å². The molecule has 2 rings (SSSR count). The minimum absolute atomic E-state index is 0.0141. The first-order valence-electron chi connectivity index (χ1n) is 7.82. The second-order valence-corrected chi connectivity index (χ2v) is 5.60. The van der Waals surface area contributed by atoms with Crippen LogP contribution in [-0.2, 0) is 17.6 Å². The van der Waals surface area contributed by atoms with Crippen LogP contribution in [0.3, 0.4) is 0 Å². The molecule has 0 spiro atoms. The van der Waals surface area contributed by atoms with Crippen LogP contribution in [0.2, 0.25) is 0 Å². The van der Waals surface area contributed by atoms with Gasteiger partial charge in [0.2, 0.25) is 5.91 Å². The summed E-state index contributed by atoms with van der Waals surface area (Å²) in [7, 11) is 0. The van der Waals surface area contributed by atoms with E-state index < -0.39 is 29.4 Å². The highest BCUT2D eigenvalue weighted by Gasteiger charge is 2.29. The largest absolute Gasteiger partial charge is 0.489 e. The molecular formula is C18H16F4N2O3. The van der Waals surface area contributed by atoms with Gasteiger partial charge in [-0.1, -0.05) is 12.1 Å². The molecule has 0 atom stereocenters. The van der Waals surface area contributed by atoms with Crippen molar-refractivity contribution in [3.8, 4) is 5.75 Å². The van der Waals surface area contributed by atoms with Crippen molar-refractivity contribution in [1.82, 2.24) is 5.32 Å². The summed E-state index contributed by atoms with van der Waals surface area (Å²) < 4.78 is 56.9. The van der Waals surface area contributed by atoms with Crippen LogP contribution in [0.5, 0.6) is 5.75 Å². The van der Waals surface area contributed by atoms with Crippen molar-refractivity contribution < 1.29 is 31.9 Å². The summed E-state index contributed by atoms with van der Waals surface area (Å²) in [6, 6.07) is 7.94. The number of carbonyl (C=O) groups is 2. The molecule has 2 aromatic rings. The Kier molecular flexibility index (Phi) is 6.38. The van der Waals surface area contributed by atoms with Crippen LogP contribution >= 0.6 is 0 Å². The number of halogens is 4. The number of nitrogens with one attached hydrogen (secondary N) is 1. The summed E-state index contributed by atoms with van der Waals surface area (Å²) in [5.41, 5.74) is 4.40. The van der Waals surface area contributed by atoms with Gasteiger partial charge < -0.3 is 15.8 Å². The highest BCUT2D eigenvalue weighted by Crippen LogP contribution is 2.29. The lowest BCUT2D eigenvalue weighted by Gasteiger charge is -2.10. The minimum Gasteiger partial charge on any atom is -0.489 e. The second-order valence-electron chi connectivity index (χ2n) is 5.60. The Hall–Kier alpha value is -3.10. The van der Waals surface area contributed by atoms with E-state index in [1.54, 1.807) is 0 Å². The highest BCUT2D eigenvalue weighted by molar-refractivity contribution is 5.94. The molecule has 2 amide bonds. The average Bonchev–Trinajstić information content (AvgIpc) is 2.59. The van der Waals surface area contributed by atoms with Crippen LogP contribution in [0.1, 0.15) is 27.9 Å². The molecule has 0 aliphatic carbocycles. The van der Waals surface area contributed by atoms with E-state index in [1.165, 1.54) is 24.3 Å². The number of nitrogens with two attached hydrogens (primary N) is 1. The van der Waals surface area contributed by atoms with Crippen LogP contribution in [0.15, 0.2) is 42.5 Å². The molecule has 0 heterocycles. The van der Waals surface area contributed by atoms with Crippen molar-refractivity contribution in [3.05, 3.63) is 65.0 Å². The lowest BCUT2D eigenvalue weighted by Crippen LogP contribution is -2.28. The monoisotopic (exact) mass is 384 g/mol. The molecule has 0 saturated heterocycles. The molecule has 144 valence electrons. The number of primary amides is 1. The predicted molar refractivity (Wildman–Crippen MR) is 88.3 cm³/mol. The Morgan fingerprint density at radius 2 is 1.74 bits per heavy atom. The number of amides is 2. The maximum absolute atomic E-state index is 14.0. The fraction of sp³-hybridized carbons (Fsp3) is 0.222. The summed E-state index contributed by atoms with van der Waals surface area (Å²) in [5.74, 6) is -2.02. The van der Waals surface area contributed by atoms with Crippen LogP contribution in [0, 0.1) is 5.82 Å². The number of hydrogen-bond acceptors (Lipinski definition) is 3. The first-order chi connectivity index (χ1) is 12.7. The summed E-state index contributed by atoms with van der Waals surface area (Å²) >= 11 is 0. The van der Waals surface area contributed by atoms with Crippen molar-refractivity contribution in [2.45, 2.75) is 19.2 Å². The molecule has 0 radical (unpaired) electrons. The Balaban J connectivity index is 1.95. The van der Waals surface area contributed by atoms with Gasteiger partial charge in [-0.15, -0.1) is 0 Å². The molecule has 2 aromatic carbocycles. The van der Waals surface area contributed by atoms with E-state index in [9.17, 15) is 27.2 Å². The maximum atomic E-state index is 14.0. The Labute approximate surface area is 152 Å². The Bertz CT molecular complexity index is 820. The van der Waals surface area contributed by atoms with Gasteiger partial charge in [0.15, 0.2) is 0 Å². The fourth-order valence-corrected chi connectivity index (χ4v) is 2.12. The Morgan fingerprint density at radius 3 is 2.30 bits per heavy atom. The zero-order valence-corrected chi connectivity index (χ0v) is 14.0. The third-order valence-corrected chi connectivity index (χ3v) is 3.53. The van der Waals surface area contributed by atoms with E-state index in [2.05, 4.69) is 5.32 Å². The van der Waals surface area contributed by atoms with Gasteiger partial charge >= 0.3 is 6.18 Å². The third-order valence-electron chi connectivity index (χ3n) is 3.53. The van der Waals surface area contributed by atoms with E-state index in [-0.39, 0.29) is 30.9 Å². The number of carbonyl (C=O) groups excluding carboxylic acids is 2. The molecule has 5 nitrogen and oxygen atoms in total. The van der Waals surface area contributed by atoms with Crippen molar-refractivity contribution in [2.75, 3.05) is 6.54 Å². The van der Waals surface area contributed by atoms with Crippen molar-refractivity contribution in [1.29, 1.82) is 0 Å². The lowest BCUT2D eigenvalue weighted by molar-refractivity contribution is -0.137. The molecule has 0 aliphatic rings. The molecule has 0 fully saturated rings. The van der Waals surface area contributed by atoms with Crippen LogP contribution < -0.4 is 15.8 Å². The summed E-state index contributed by atoms with van der Waals surface area (Å²) in [6.07, 6.45) is -4.49. The van der Waals surface area contributed by atoms with Gasteiger partial charge in [0.1, 0.15) is 18.2 Å². The summed E-state index contributed by atoms with van der Waals surface area (Å²) in [5, 5.41) is 2.35. The van der Waals surface area contributed by atoms with Gasteiger partial charge in [-0.25, -0.2) is 4.39 Å². The van der Waals surface area contributed by atoms with Gasteiger partial charge in [-0.2, -0.15) is 13.2 Å². The first-order valence-corrected chi connectivity index (χ1v) is 7.82. The molecule has 0 aliphatic heterocycles. The number of benzene rings is 2. The van der Waals surface area contributed by atoms with Gasteiger partial charge in [0.05, 0.1) is 11.1 Å². The number of rotatable bonds is 7. The molecule has 3 N–H and O–H groups in total. The predicted octanol–water partition coefficient (Wildman–Crippen LogP) is 3.03. The second kappa shape index (κ2) is 8.52. The smallest absolute Gasteiger partial charge is 0.416 e. The number of alkyl halides is 3. The zero-order valence-electron chi connectivity index (χ0n) is 14.0. The van der Waals surface area contributed by atoms with Gasteiger partial charge in [-0.3, -0.25) is 9.59 Å². The molecule has 9 heteroatoms. The van der Waals surface area contributed by atoms with E-state index in [0.717, 1.165) is 18.2 Å². The Morgan fingerprint density at radius 1 is 1.07 bits per heavy atom. The van der Waals surface area contributed by atoms with E-state index in [4.69, 9.17) is 10.5 Å². The minimum atomic E-state index is -4.42. The van der Waals surface area contributed by atoms with E-state index in [1.807, 2.05) is 0 Å². The molecule has 0 saturated carbocycles. The van der Waals surface area contributed by atoms with Crippen molar-refractivity contribution in [3.63, 3.8) is 0 Å². The first kappa shape index (κ1) is 20.2. The van der Waals surface area contributed by atoms with Gasteiger partial charge in [-0.05, 0) is 29.8 Å². The SMILES string of the molecule is NC(=O)CCNC(=O)c1ccc(OCc2ccc(C(F)(F)F)cc2)cc1F. The van der Waals surface area contributed by atoms with E-state index >= 15 is 0 Å². The van der Waals surface area contributed by atoms with Gasteiger partial charge in [0.25, 0.3) is 5.91 Å². The van der Waals surface area contributed by atoms with Crippen LogP contribution in [0.4, 0.5) is 17.6 Å². The molecule has 0 bridgehead atoms. The molecule has 0 unspecified atom stereocenters. The molecule has 0 aromatic heterocycles. The van der Waals surface area contributed by atoms with Crippen molar-refractivity contribution in [2.24, 2.45) is 5.73 Å². The van der Waals surface area contributed by atoms with Crippen LogP contribution in [-0.4, -0.2) is 18.4 Å². The normalized spacial score (nSPS) is 11.1. The van der Waals surface area contributed by atoms with E-state index in [0.29, 0.717) is 5.56 Å². The fourth-order valence-electron chi connectivity index (χ4n) is 2.12. The zero-order chi connectivity index (χ0) is 20.0. The molecular weight excluding hydrogens is 368 g/mol. The van der Waals surface area contributed by atoms with Crippen molar-refractivity contribution >= 4 is 11.8 Å². The number of ether oxygens (including phenoxy) is 1. The average molecular weight is 384 g/mol. The molecule has 27 heavy (non-hydrogen) atoms. The standard InChI is InChI=1S/C18H16F4N2O3/c19-15-9-13(5-6-14(15)17(26)24-8-7-16(23)25)27-10-11-1-3-12(4-2-11)18(20,21)22/h1-6,9H,7-8,10H2,(H2,23,25)(H,24,26). The summed E-state index contributed by atoms with van der Waals surface area (Å²) in [6.45, 7) is -0.0818. The quantitative estimate of drug-likeness (QED) is 0.720. The topological polar surface area (TPSA) is 81.4 Å². The van der Waals surface area contributed by atoms with Gasteiger partial charge in [0, 0.05) is 19.0 Å². The lowest BCUT2D eigenvalue weighted by atomic mass is 10.1. The third kappa shape index (κ3) is 5.98. The maximum Gasteiger partial charge on any atom is 0.416 e. The number of hydrogen-bond donors (Lipinski definition) is 2. The summed E-state index contributed by atoms with van der Waals surface area (Å²) in [4.78, 5) is 22.4. The highest BCUT2D eigenvalue weighted by atomic mass is 19.4.